The normalized spacial score (nSPS) is 30.6. The highest BCUT2D eigenvalue weighted by molar-refractivity contribution is 7.99. The van der Waals surface area contributed by atoms with Gasteiger partial charge in [0.05, 0.1) is 5.88 Å². The van der Waals surface area contributed by atoms with Crippen molar-refractivity contribution in [2.24, 2.45) is 11.8 Å². The van der Waals surface area contributed by atoms with Crippen LogP contribution >= 0.6 is 24.2 Å². The third-order valence-corrected chi connectivity index (χ3v) is 6.29. The molecule has 7 heteroatoms. The van der Waals surface area contributed by atoms with Crippen LogP contribution in [0.5, 0.6) is 0 Å². The van der Waals surface area contributed by atoms with E-state index in [2.05, 4.69) is 5.32 Å². The second kappa shape index (κ2) is 8.58. The van der Waals surface area contributed by atoms with Gasteiger partial charge in [-0.15, -0.1) is 24.2 Å². The van der Waals surface area contributed by atoms with E-state index in [1.54, 1.807) is 11.8 Å². The van der Waals surface area contributed by atoms with Crippen molar-refractivity contribution >= 4 is 36.0 Å². The standard InChI is InChI=1S/C16H27N3O2S.ClH/c1-2-3-15(20)19-11-22-10-14(19)16(21)18-6-4-12-8-17-9-13(12)5-7-18;/h12-14,17H,2-11H2,1H3;1H/t12-,13+,14?;. The predicted octanol–water partition coefficient (Wildman–Crippen LogP) is 1.57. The lowest BCUT2D eigenvalue weighted by Crippen LogP contribution is -2.49. The van der Waals surface area contributed by atoms with Gasteiger partial charge in [0.1, 0.15) is 6.04 Å². The first-order valence-corrected chi connectivity index (χ1v) is 9.73. The average Bonchev–Trinajstić information content (AvgIpc) is 3.13. The zero-order chi connectivity index (χ0) is 15.5. The highest BCUT2D eigenvalue weighted by atomic mass is 35.5. The van der Waals surface area contributed by atoms with Crippen LogP contribution in [0.1, 0.15) is 32.6 Å². The lowest BCUT2D eigenvalue weighted by Gasteiger charge is -2.29. The Morgan fingerprint density at radius 2 is 1.83 bits per heavy atom. The molecule has 0 spiro atoms. The van der Waals surface area contributed by atoms with E-state index in [1.165, 1.54) is 0 Å². The highest BCUT2D eigenvalue weighted by Crippen LogP contribution is 2.29. The summed E-state index contributed by atoms with van der Waals surface area (Å²) in [5.74, 6) is 3.23. The molecule has 0 aromatic heterocycles. The zero-order valence-electron chi connectivity index (χ0n) is 13.8. The molecule has 3 heterocycles. The Hall–Kier alpha value is -0.460. The van der Waals surface area contributed by atoms with Gasteiger partial charge in [0.15, 0.2) is 0 Å². The Morgan fingerprint density at radius 1 is 1.17 bits per heavy atom. The minimum Gasteiger partial charge on any atom is -0.341 e. The van der Waals surface area contributed by atoms with Crippen LogP contribution in [-0.4, -0.2) is 65.5 Å². The van der Waals surface area contributed by atoms with E-state index in [9.17, 15) is 9.59 Å². The molecule has 0 aromatic rings. The molecule has 0 bridgehead atoms. The molecule has 0 aromatic carbocycles. The van der Waals surface area contributed by atoms with Gasteiger partial charge in [0, 0.05) is 25.3 Å². The summed E-state index contributed by atoms with van der Waals surface area (Å²) < 4.78 is 0. The van der Waals surface area contributed by atoms with Crippen molar-refractivity contribution in [3.63, 3.8) is 0 Å². The Morgan fingerprint density at radius 3 is 2.43 bits per heavy atom. The minimum absolute atomic E-state index is 0. The first kappa shape index (κ1) is 18.9. The second-order valence-corrected chi connectivity index (χ2v) is 7.71. The summed E-state index contributed by atoms with van der Waals surface area (Å²) in [7, 11) is 0. The molecule has 3 rings (SSSR count). The molecule has 3 atom stereocenters. The Bertz CT molecular complexity index is 424. The van der Waals surface area contributed by atoms with Crippen LogP contribution in [0.25, 0.3) is 0 Å². The Labute approximate surface area is 149 Å². The molecule has 3 fully saturated rings. The highest BCUT2D eigenvalue weighted by Gasteiger charge is 2.38. The summed E-state index contributed by atoms with van der Waals surface area (Å²) in [4.78, 5) is 28.9. The van der Waals surface area contributed by atoms with E-state index in [4.69, 9.17) is 0 Å². The summed E-state index contributed by atoms with van der Waals surface area (Å²) in [5, 5.41) is 3.47. The van der Waals surface area contributed by atoms with Crippen molar-refractivity contribution in [1.29, 1.82) is 0 Å². The fourth-order valence-corrected chi connectivity index (χ4v) is 5.07. The topological polar surface area (TPSA) is 52.7 Å². The molecule has 0 saturated carbocycles. The van der Waals surface area contributed by atoms with E-state index in [1.807, 2.05) is 16.7 Å². The predicted molar refractivity (Wildman–Crippen MR) is 95.8 cm³/mol. The molecule has 3 saturated heterocycles. The summed E-state index contributed by atoms with van der Waals surface area (Å²) in [6.07, 6.45) is 3.61. The fourth-order valence-electron chi connectivity index (χ4n) is 3.90. The lowest BCUT2D eigenvalue weighted by atomic mass is 9.92. The Kier molecular flexibility index (Phi) is 7.04. The van der Waals surface area contributed by atoms with Gasteiger partial charge in [-0.05, 0) is 44.2 Å². The number of nitrogens with zero attached hydrogens (tertiary/aromatic N) is 2. The maximum atomic E-state index is 12.9. The first-order chi connectivity index (χ1) is 10.7. The van der Waals surface area contributed by atoms with Crippen molar-refractivity contribution in [1.82, 2.24) is 15.1 Å². The van der Waals surface area contributed by atoms with Crippen LogP contribution in [0, 0.1) is 11.8 Å². The van der Waals surface area contributed by atoms with Gasteiger partial charge in [-0.25, -0.2) is 0 Å². The van der Waals surface area contributed by atoms with E-state index in [0.717, 1.165) is 63.0 Å². The van der Waals surface area contributed by atoms with Crippen LogP contribution in [-0.2, 0) is 9.59 Å². The summed E-state index contributed by atoms with van der Waals surface area (Å²) in [5.41, 5.74) is 0. The number of nitrogens with one attached hydrogen (secondary N) is 1. The smallest absolute Gasteiger partial charge is 0.246 e. The summed E-state index contributed by atoms with van der Waals surface area (Å²) in [6.45, 7) is 5.94. The number of hydrogen-bond acceptors (Lipinski definition) is 4. The number of thioether (sulfide) groups is 1. The molecule has 132 valence electrons. The van der Waals surface area contributed by atoms with Crippen molar-refractivity contribution in [3.8, 4) is 0 Å². The molecule has 3 aliphatic rings. The molecule has 1 unspecified atom stereocenters. The number of carbonyl (C=O) groups excluding carboxylic acids is 2. The minimum atomic E-state index is -0.222. The van der Waals surface area contributed by atoms with Crippen molar-refractivity contribution in [3.05, 3.63) is 0 Å². The molecule has 5 nitrogen and oxygen atoms in total. The van der Waals surface area contributed by atoms with E-state index < -0.39 is 0 Å². The SMILES string of the molecule is CCCC(=O)N1CSCC1C(=O)N1CC[C@@H]2CNC[C@@H]2CC1.Cl. The summed E-state index contributed by atoms with van der Waals surface area (Å²) in [6, 6.07) is -0.222. The van der Waals surface area contributed by atoms with Gasteiger partial charge >= 0.3 is 0 Å². The van der Waals surface area contributed by atoms with Crippen LogP contribution in [0.4, 0.5) is 0 Å². The lowest BCUT2D eigenvalue weighted by molar-refractivity contribution is -0.143. The molecule has 2 amide bonds. The Balaban J connectivity index is 0.00000192. The monoisotopic (exact) mass is 361 g/mol. The van der Waals surface area contributed by atoms with Gasteiger partial charge in [-0.1, -0.05) is 6.92 Å². The second-order valence-electron chi connectivity index (χ2n) is 6.71. The van der Waals surface area contributed by atoms with E-state index in [0.29, 0.717) is 12.3 Å². The van der Waals surface area contributed by atoms with Crippen molar-refractivity contribution < 1.29 is 9.59 Å². The molecule has 3 aliphatic heterocycles. The van der Waals surface area contributed by atoms with Gasteiger partial charge in [-0.3, -0.25) is 9.59 Å². The summed E-state index contributed by atoms with van der Waals surface area (Å²) >= 11 is 1.71. The molecule has 0 radical (unpaired) electrons. The van der Waals surface area contributed by atoms with Crippen LogP contribution in [0.3, 0.4) is 0 Å². The molecular formula is C16H28ClN3O2S. The van der Waals surface area contributed by atoms with Gasteiger partial charge < -0.3 is 15.1 Å². The quantitative estimate of drug-likeness (QED) is 0.829. The molecular weight excluding hydrogens is 334 g/mol. The first-order valence-electron chi connectivity index (χ1n) is 8.57. The van der Waals surface area contributed by atoms with E-state index in [-0.39, 0.29) is 30.3 Å². The maximum absolute atomic E-state index is 12.9. The molecule has 0 aliphatic carbocycles. The average molecular weight is 362 g/mol. The van der Waals surface area contributed by atoms with Crippen LogP contribution in [0.15, 0.2) is 0 Å². The molecule has 23 heavy (non-hydrogen) atoms. The largest absolute Gasteiger partial charge is 0.341 e. The van der Waals surface area contributed by atoms with Crippen molar-refractivity contribution in [2.45, 2.75) is 38.6 Å². The number of hydrogen-bond donors (Lipinski definition) is 1. The number of amides is 2. The zero-order valence-corrected chi connectivity index (χ0v) is 15.5. The molecule has 1 N–H and O–H groups in total. The number of fused-ring (bicyclic) bond motifs is 1. The van der Waals surface area contributed by atoms with Gasteiger partial charge in [-0.2, -0.15) is 0 Å². The van der Waals surface area contributed by atoms with E-state index >= 15 is 0 Å². The van der Waals surface area contributed by atoms with Gasteiger partial charge in [0.25, 0.3) is 0 Å². The third kappa shape index (κ3) is 4.15. The van der Waals surface area contributed by atoms with Crippen LogP contribution < -0.4 is 5.32 Å². The van der Waals surface area contributed by atoms with Crippen molar-refractivity contribution in [2.75, 3.05) is 37.8 Å². The number of likely N-dealkylation sites (tertiary alicyclic amines) is 1. The fraction of sp³-hybridized carbons (Fsp3) is 0.875. The third-order valence-electron chi connectivity index (χ3n) is 5.28. The number of halogens is 1. The number of carbonyl (C=O) groups is 2. The number of rotatable bonds is 3. The van der Waals surface area contributed by atoms with Gasteiger partial charge in [0.2, 0.25) is 11.8 Å². The maximum Gasteiger partial charge on any atom is 0.246 e. The van der Waals surface area contributed by atoms with Crippen LogP contribution in [0.2, 0.25) is 0 Å².